The van der Waals surface area contributed by atoms with Crippen LogP contribution in [0.25, 0.3) is 104 Å². The van der Waals surface area contributed by atoms with Crippen LogP contribution in [0.5, 0.6) is 0 Å². The maximum absolute atomic E-state index is 2.68. The Kier molecular flexibility index (Phi) is 7.73. The minimum Gasteiger partial charge on any atom is -0.311 e. The Hall–Kier alpha value is -8.66. The maximum Gasteiger partial charge on any atom is 0.252 e. The molecule has 0 fully saturated rings. The van der Waals surface area contributed by atoms with E-state index in [1.54, 1.807) is 0 Å². The van der Waals surface area contributed by atoms with Crippen molar-refractivity contribution in [3.05, 3.63) is 235 Å². The van der Waals surface area contributed by atoms with Crippen LogP contribution in [0.1, 0.15) is 30.5 Å². The van der Waals surface area contributed by atoms with E-state index in [9.17, 15) is 0 Å². The van der Waals surface area contributed by atoms with Crippen molar-refractivity contribution >= 4 is 105 Å². The standard InChI is InChI=1S/C68H45BN2/c1-40-35-58-65-59(36-40)71-57-39-47(60-48(41-17-6-4-7-18-41)27-16-28-49(60)42-19-8-5-9-20-42)31-33-53(57)62-61-46(30-29-43-21-10-13-24-50(43)61)38-54(66(62)71)69(65)55-37-45-23-12-15-26-52(45)64-67(55)70(58)56-34-32-44-22-11-14-25-51(44)63(56)68(64,2)3/h4-39H,1-3H3. The van der Waals surface area contributed by atoms with Crippen molar-refractivity contribution in [3.8, 4) is 39.1 Å². The molecule has 0 N–H and O–H groups in total. The molecular formula is C68H45BN2. The van der Waals surface area contributed by atoms with Crippen LogP contribution in [0.2, 0.25) is 0 Å². The lowest BCUT2D eigenvalue weighted by Crippen LogP contribution is -2.61. The average molecular weight is 901 g/mol. The molecule has 0 atom stereocenters. The van der Waals surface area contributed by atoms with Gasteiger partial charge in [-0.1, -0.05) is 208 Å². The van der Waals surface area contributed by atoms with E-state index in [0.29, 0.717) is 0 Å². The van der Waals surface area contributed by atoms with Gasteiger partial charge in [0.15, 0.2) is 0 Å². The highest BCUT2D eigenvalue weighted by atomic mass is 15.2. The molecule has 2 nitrogen and oxygen atoms in total. The second-order valence-corrected chi connectivity index (χ2v) is 20.8. The van der Waals surface area contributed by atoms with Gasteiger partial charge in [0.25, 0.3) is 6.71 Å². The minimum absolute atomic E-state index is 0.00819. The second-order valence-electron chi connectivity index (χ2n) is 20.8. The van der Waals surface area contributed by atoms with Gasteiger partial charge in [0.2, 0.25) is 0 Å². The van der Waals surface area contributed by atoms with Crippen LogP contribution in [0.3, 0.4) is 0 Å². The fourth-order valence-electron chi connectivity index (χ4n) is 13.9. The van der Waals surface area contributed by atoms with Crippen molar-refractivity contribution in [1.82, 2.24) is 4.57 Å². The predicted octanol–water partition coefficient (Wildman–Crippen LogP) is 16.0. The number of hydrogen-bond donors (Lipinski definition) is 0. The number of fused-ring (bicyclic) bond motifs is 17. The fraction of sp³-hybridized carbons (Fsp3) is 0.0588. The second kappa shape index (κ2) is 14.0. The quantitative estimate of drug-likeness (QED) is 0.127. The normalized spacial score (nSPS) is 13.9. The lowest BCUT2D eigenvalue weighted by atomic mass is 9.33. The molecule has 0 spiro atoms. The van der Waals surface area contributed by atoms with Gasteiger partial charge in [-0.2, -0.15) is 0 Å². The maximum atomic E-state index is 2.68. The van der Waals surface area contributed by atoms with Crippen LogP contribution < -0.4 is 21.3 Å². The third kappa shape index (κ3) is 5.12. The largest absolute Gasteiger partial charge is 0.311 e. The lowest BCUT2D eigenvalue weighted by molar-refractivity contribution is 0.645. The van der Waals surface area contributed by atoms with Gasteiger partial charge in [-0.3, -0.25) is 0 Å². The van der Waals surface area contributed by atoms with Crippen molar-refractivity contribution in [2.75, 3.05) is 4.90 Å². The zero-order valence-electron chi connectivity index (χ0n) is 39.8. The zero-order valence-corrected chi connectivity index (χ0v) is 39.8. The Balaban J connectivity index is 1.09. The molecule has 0 unspecified atom stereocenters. The molecule has 330 valence electrons. The highest BCUT2D eigenvalue weighted by Crippen LogP contribution is 2.57. The molecule has 0 saturated heterocycles. The highest BCUT2D eigenvalue weighted by molar-refractivity contribution is 7.00. The Morgan fingerprint density at radius 2 is 1.00 bits per heavy atom. The first-order valence-corrected chi connectivity index (χ1v) is 25.1. The van der Waals surface area contributed by atoms with E-state index in [0.717, 1.165) is 0 Å². The van der Waals surface area contributed by atoms with E-state index < -0.39 is 0 Å². The SMILES string of the molecule is Cc1cc2c3c(c1)-n1c4cc(-c5c(-c6ccccc6)cccc5-c5ccccc5)ccc4c4c5c(ccc6ccccc65)cc(c41)B3c1cc3ccccc3c3c1N2c1ccc2ccccc2c1C3(C)C. The molecule has 16 rings (SSSR count). The molecule has 0 radical (unpaired) electrons. The number of rotatable bonds is 3. The van der Waals surface area contributed by atoms with Crippen LogP contribution in [-0.2, 0) is 5.41 Å². The summed E-state index contributed by atoms with van der Waals surface area (Å²) in [5.74, 6) is 0. The molecule has 4 heterocycles. The molecule has 13 aromatic rings. The Labute approximate surface area is 412 Å². The third-order valence-corrected chi connectivity index (χ3v) is 16.6. The molecule has 0 aliphatic carbocycles. The first-order chi connectivity index (χ1) is 34.9. The van der Waals surface area contributed by atoms with Gasteiger partial charge in [-0.05, 0) is 141 Å². The molecule has 3 aliphatic heterocycles. The van der Waals surface area contributed by atoms with E-state index in [4.69, 9.17) is 0 Å². The topological polar surface area (TPSA) is 8.17 Å². The van der Waals surface area contributed by atoms with Gasteiger partial charge in [0.1, 0.15) is 0 Å². The Bertz CT molecular complexity index is 4450. The number of anilines is 3. The number of aromatic nitrogens is 1. The van der Waals surface area contributed by atoms with Gasteiger partial charge >= 0.3 is 0 Å². The lowest BCUT2D eigenvalue weighted by Gasteiger charge is -2.49. The van der Waals surface area contributed by atoms with Crippen LogP contribution in [0.15, 0.2) is 218 Å². The summed E-state index contributed by atoms with van der Waals surface area (Å²) in [5, 5.41) is 13.0. The molecule has 3 aliphatic rings. The number of hydrogen-bond acceptors (Lipinski definition) is 1. The first-order valence-electron chi connectivity index (χ1n) is 25.1. The van der Waals surface area contributed by atoms with Crippen molar-refractivity contribution in [1.29, 1.82) is 0 Å². The third-order valence-electron chi connectivity index (χ3n) is 16.6. The van der Waals surface area contributed by atoms with E-state index >= 15 is 0 Å². The highest BCUT2D eigenvalue weighted by Gasteiger charge is 2.49. The summed E-state index contributed by atoms with van der Waals surface area (Å²) in [5.41, 5.74) is 22.9. The zero-order chi connectivity index (χ0) is 46.9. The van der Waals surface area contributed by atoms with Crippen LogP contribution in [0, 0.1) is 6.92 Å². The Morgan fingerprint density at radius 3 is 1.73 bits per heavy atom. The summed E-state index contributed by atoms with van der Waals surface area (Å²) < 4.78 is 2.68. The number of nitrogens with zero attached hydrogens (tertiary/aromatic N) is 2. The molecule has 3 heteroatoms. The fourth-order valence-corrected chi connectivity index (χ4v) is 13.9. The summed E-state index contributed by atoms with van der Waals surface area (Å²) in [7, 11) is 0. The van der Waals surface area contributed by atoms with Gasteiger partial charge in [-0.25, -0.2) is 0 Å². The first kappa shape index (κ1) is 39.2. The Morgan fingerprint density at radius 1 is 0.408 bits per heavy atom. The molecule has 12 aromatic carbocycles. The summed E-state index contributed by atoms with van der Waals surface area (Å²) in [6, 6.07) is 82.8. The summed E-state index contributed by atoms with van der Waals surface area (Å²) >= 11 is 0. The van der Waals surface area contributed by atoms with Gasteiger partial charge in [0.05, 0.1) is 16.7 Å². The van der Waals surface area contributed by atoms with E-state index in [2.05, 4.69) is 249 Å². The average Bonchev–Trinajstić information content (AvgIpc) is 3.77. The molecular weight excluding hydrogens is 856 g/mol. The number of aryl methyl sites for hydroxylation is 1. The van der Waals surface area contributed by atoms with Crippen LogP contribution >= 0.6 is 0 Å². The summed E-state index contributed by atoms with van der Waals surface area (Å²) in [6.45, 7) is 7.25. The monoisotopic (exact) mass is 900 g/mol. The van der Waals surface area contributed by atoms with Crippen molar-refractivity contribution < 1.29 is 0 Å². The van der Waals surface area contributed by atoms with E-state index in [-0.39, 0.29) is 12.1 Å². The van der Waals surface area contributed by atoms with Crippen molar-refractivity contribution in [3.63, 3.8) is 0 Å². The molecule has 0 amide bonds. The van der Waals surface area contributed by atoms with Crippen molar-refractivity contribution in [2.24, 2.45) is 0 Å². The van der Waals surface area contributed by atoms with Crippen LogP contribution in [0.4, 0.5) is 17.1 Å². The van der Waals surface area contributed by atoms with E-state index in [1.807, 2.05) is 0 Å². The van der Waals surface area contributed by atoms with Gasteiger partial charge < -0.3 is 9.47 Å². The van der Waals surface area contributed by atoms with Crippen molar-refractivity contribution in [2.45, 2.75) is 26.2 Å². The number of benzene rings is 12. The molecule has 1 aromatic heterocycles. The summed E-state index contributed by atoms with van der Waals surface area (Å²) in [6.07, 6.45) is 0. The van der Waals surface area contributed by atoms with Gasteiger partial charge in [-0.15, -0.1) is 0 Å². The smallest absolute Gasteiger partial charge is 0.252 e. The summed E-state index contributed by atoms with van der Waals surface area (Å²) in [4.78, 5) is 2.68. The van der Waals surface area contributed by atoms with E-state index in [1.165, 1.54) is 154 Å². The van der Waals surface area contributed by atoms with Gasteiger partial charge in [0, 0.05) is 33.2 Å². The molecule has 71 heavy (non-hydrogen) atoms. The molecule has 0 saturated carbocycles. The van der Waals surface area contributed by atoms with Crippen LogP contribution in [-0.4, -0.2) is 11.3 Å². The minimum atomic E-state index is -0.298. The predicted molar refractivity (Wildman–Crippen MR) is 303 cm³/mol. The molecule has 0 bridgehead atoms.